The quantitative estimate of drug-likeness (QED) is 0.757. The Morgan fingerprint density at radius 3 is 2.57 bits per heavy atom. The number of benzene rings is 2. The molecule has 4 nitrogen and oxygen atoms in total. The molecule has 0 aliphatic rings. The number of phenols is 2. The fourth-order valence-corrected chi connectivity index (χ4v) is 1.88. The first-order chi connectivity index (χ1) is 9.97. The summed E-state index contributed by atoms with van der Waals surface area (Å²) in [5.41, 5.74) is 1.54. The van der Waals surface area contributed by atoms with Crippen molar-refractivity contribution < 1.29 is 19.4 Å². The Balaban J connectivity index is 1.92. The molecule has 0 heterocycles. The predicted molar refractivity (Wildman–Crippen MR) is 76.9 cm³/mol. The number of carbonyl (C=O) groups is 1. The molecule has 0 saturated heterocycles. The maximum absolute atomic E-state index is 13.4. The van der Waals surface area contributed by atoms with Crippen molar-refractivity contribution in [2.45, 2.75) is 13.3 Å². The molecule has 0 atom stereocenters. The molecule has 3 N–H and O–H groups in total. The Morgan fingerprint density at radius 1 is 1.14 bits per heavy atom. The number of aryl methyl sites for hydroxylation is 1. The van der Waals surface area contributed by atoms with E-state index < -0.39 is 5.82 Å². The van der Waals surface area contributed by atoms with E-state index in [1.165, 1.54) is 18.2 Å². The van der Waals surface area contributed by atoms with Crippen LogP contribution < -0.4 is 5.32 Å². The minimum absolute atomic E-state index is 0.182. The largest absolute Gasteiger partial charge is 0.504 e. The first-order valence-electron chi connectivity index (χ1n) is 6.52. The number of hydrogen-bond donors (Lipinski definition) is 3. The SMILES string of the molecule is Cc1ccc(C(=O)NCCc2ccc(O)c(O)c2)cc1F. The Kier molecular flexibility index (Phi) is 4.42. The van der Waals surface area contributed by atoms with Gasteiger partial charge in [-0.2, -0.15) is 0 Å². The van der Waals surface area contributed by atoms with Crippen LogP contribution in [0.2, 0.25) is 0 Å². The summed E-state index contributed by atoms with van der Waals surface area (Å²) in [4.78, 5) is 11.9. The van der Waals surface area contributed by atoms with Gasteiger partial charge in [-0.3, -0.25) is 4.79 Å². The zero-order valence-corrected chi connectivity index (χ0v) is 11.6. The maximum Gasteiger partial charge on any atom is 0.251 e. The van der Waals surface area contributed by atoms with Crippen molar-refractivity contribution in [2.24, 2.45) is 0 Å². The van der Waals surface area contributed by atoms with E-state index in [4.69, 9.17) is 0 Å². The van der Waals surface area contributed by atoms with Crippen molar-refractivity contribution in [3.63, 3.8) is 0 Å². The standard InChI is InChI=1S/C16H16FNO3/c1-10-2-4-12(9-13(10)17)16(21)18-7-6-11-3-5-14(19)15(20)8-11/h2-5,8-9,19-20H,6-7H2,1H3,(H,18,21). The number of rotatable bonds is 4. The molecule has 0 aliphatic heterocycles. The molecule has 5 heteroatoms. The molecule has 0 radical (unpaired) electrons. The van der Waals surface area contributed by atoms with Gasteiger partial charge in [0.25, 0.3) is 5.91 Å². The normalized spacial score (nSPS) is 10.4. The molecule has 1 amide bonds. The van der Waals surface area contributed by atoms with Gasteiger partial charge < -0.3 is 15.5 Å². The number of aromatic hydroxyl groups is 2. The smallest absolute Gasteiger partial charge is 0.251 e. The van der Waals surface area contributed by atoms with Crippen molar-refractivity contribution in [3.05, 3.63) is 58.9 Å². The second-order valence-corrected chi connectivity index (χ2v) is 4.79. The molecular weight excluding hydrogens is 273 g/mol. The third-order valence-corrected chi connectivity index (χ3v) is 3.17. The van der Waals surface area contributed by atoms with Crippen LogP contribution >= 0.6 is 0 Å². The Morgan fingerprint density at radius 2 is 1.90 bits per heavy atom. The molecular formula is C16H16FNO3. The van der Waals surface area contributed by atoms with Crippen LogP contribution in [0.15, 0.2) is 36.4 Å². The first-order valence-corrected chi connectivity index (χ1v) is 6.52. The lowest BCUT2D eigenvalue weighted by molar-refractivity contribution is 0.0953. The summed E-state index contributed by atoms with van der Waals surface area (Å²) in [5, 5.41) is 21.2. The van der Waals surface area contributed by atoms with Crippen LogP contribution in [0.25, 0.3) is 0 Å². The number of carbonyl (C=O) groups excluding carboxylic acids is 1. The van der Waals surface area contributed by atoms with Crippen LogP contribution in [-0.4, -0.2) is 22.7 Å². The van der Waals surface area contributed by atoms with E-state index >= 15 is 0 Å². The number of halogens is 1. The number of amides is 1. The number of phenolic OH excluding ortho intramolecular Hbond substituents is 2. The zero-order valence-electron chi connectivity index (χ0n) is 11.6. The van der Waals surface area contributed by atoms with E-state index in [1.807, 2.05) is 0 Å². The van der Waals surface area contributed by atoms with Gasteiger partial charge in [0.1, 0.15) is 5.82 Å². The lowest BCUT2D eigenvalue weighted by Crippen LogP contribution is -2.25. The van der Waals surface area contributed by atoms with Crippen LogP contribution in [0.1, 0.15) is 21.5 Å². The van der Waals surface area contributed by atoms with Gasteiger partial charge in [0.2, 0.25) is 0 Å². The molecule has 0 aromatic heterocycles. The van der Waals surface area contributed by atoms with Gasteiger partial charge in [-0.05, 0) is 48.7 Å². The summed E-state index contributed by atoms with van der Waals surface area (Å²) >= 11 is 0. The van der Waals surface area contributed by atoms with Gasteiger partial charge in [0, 0.05) is 12.1 Å². The summed E-state index contributed by atoms with van der Waals surface area (Å²) < 4.78 is 13.4. The third kappa shape index (κ3) is 3.72. The molecule has 2 aromatic rings. The Bertz CT molecular complexity index is 671. The molecule has 0 saturated carbocycles. The minimum Gasteiger partial charge on any atom is -0.504 e. The average molecular weight is 289 g/mol. The fourth-order valence-electron chi connectivity index (χ4n) is 1.88. The van der Waals surface area contributed by atoms with Gasteiger partial charge in [-0.1, -0.05) is 12.1 Å². The zero-order chi connectivity index (χ0) is 15.4. The number of nitrogens with one attached hydrogen (secondary N) is 1. The third-order valence-electron chi connectivity index (χ3n) is 3.17. The molecule has 0 bridgehead atoms. The molecule has 0 fully saturated rings. The van der Waals surface area contributed by atoms with Gasteiger partial charge in [-0.25, -0.2) is 4.39 Å². The van der Waals surface area contributed by atoms with E-state index in [9.17, 15) is 19.4 Å². The fraction of sp³-hybridized carbons (Fsp3) is 0.188. The molecule has 110 valence electrons. The van der Waals surface area contributed by atoms with Gasteiger partial charge in [0.05, 0.1) is 0 Å². The highest BCUT2D eigenvalue weighted by molar-refractivity contribution is 5.94. The Hall–Kier alpha value is -2.56. The highest BCUT2D eigenvalue weighted by Gasteiger charge is 2.08. The van der Waals surface area contributed by atoms with Crippen molar-refractivity contribution in [2.75, 3.05) is 6.54 Å². The predicted octanol–water partition coefficient (Wildman–Crippen LogP) is 2.52. The molecule has 2 rings (SSSR count). The summed E-state index contributed by atoms with van der Waals surface area (Å²) in [5.74, 6) is -1.14. The lowest BCUT2D eigenvalue weighted by Gasteiger charge is -2.07. The van der Waals surface area contributed by atoms with Gasteiger partial charge >= 0.3 is 0 Å². The Labute approximate surface area is 121 Å². The highest BCUT2D eigenvalue weighted by atomic mass is 19.1. The molecule has 0 aliphatic carbocycles. The average Bonchev–Trinajstić information content (AvgIpc) is 2.45. The summed E-state index contributed by atoms with van der Waals surface area (Å²) in [6, 6.07) is 8.82. The van der Waals surface area contributed by atoms with Crippen LogP contribution in [0.4, 0.5) is 4.39 Å². The van der Waals surface area contributed by atoms with E-state index in [0.717, 1.165) is 5.56 Å². The van der Waals surface area contributed by atoms with Gasteiger partial charge in [-0.15, -0.1) is 0 Å². The molecule has 21 heavy (non-hydrogen) atoms. The van der Waals surface area contributed by atoms with Crippen LogP contribution in [0.5, 0.6) is 11.5 Å². The molecule has 2 aromatic carbocycles. The minimum atomic E-state index is -0.411. The van der Waals surface area contributed by atoms with Crippen LogP contribution in [0.3, 0.4) is 0 Å². The monoisotopic (exact) mass is 289 g/mol. The van der Waals surface area contributed by atoms with Crippen molar-refractivity contribution in [3.8, 4) is 11.5 Å². The summed E-state index contributed by atoms with van der Waals surface area (Å²) in [6.07, 6.45) is 0.494. The van der Waals surface area contributed by atoms with Crippen molar-refractivity contribution in [1.29, 1.82) is 0 Å². The van der Waals surface area contributed by atoms with Gasteiger partial charge in [0.15, 0.2) is 11.5 Å². The highest BCUT2D eigenvalue weighted by Crippen LogP contribution is 2.24. The topological polar surface area (TPSA) is 69.6 Å². The first kappa shape index (κ1) is 14.8. The second-order valence-electron chi connectivity index (χ2n) is 4.79. The van der Waals surface area contributed by atoms with E-state index in [2.05, 4.69) is 5.32 Å². The second kappa shape index (κ2) is 6.26. The van der Waals surface area contributed by atoms with Crippen molar-refractivity contribution in [1.82, 2.24) is 5.32 Å². The lowest BCUT2D eigenvalue weighted by atomic mass is 10.1. The van der Waals surface area contributed by atoms with E-state index in [-0.39, 0.29) is 23.0 Å². The van der Waals surface area contributed by atoms with Crippen LogP contribution in [-0.2, 0) is 6.42 Å². The summed E-state index contributed by atoms with van der Waals surface area (Å²) in [6.45, 7) is 1.98. The van der Waals surface area contributed by atoms with E-state index in [0.29, 0.717) is 18.5 Å². The van der Waals surface area contributed by atoms with Crippen LogP contribution in [0, 0.1) is 12.7 Å². The van der Waals surface area contributed by atoms with Crippen molar-refractivity contribution >= 4 is 5.91 Å². The maximum atomic E-state index is 13.4. The van der Waals surface area contributed by atoms with E-state index in [1.54, 1.807) is 25.1 Å². The molecule has 0 spiro atoms. The molecule has 0 unspecified atom stereocenters. The number of hydrogen-bond acceptors (Lipinski definition) is 3. The summed E-state index contributed by atoms with van der Waals surface area (Å²) in [7, 11) is 0.